The third-order valence-corrected chi connectivity index (χ3v) is 3.25. The van der Waals surface area contributed by atoms with Crippen molar-refractivity contribution in [3.8, 4) is 0 Å². The molecular formula is C12H16BrNO3S. The van der Waals surface area contributed by atoms with Gasteiger partial charge in [0.1, 0.15) is 0 Å². The van der Waals surface area contributed by atoms with Crippen molar-refractivity contribution in [1.82, 2.24) is 5.32 Å². The molecule has 1 aromatic rings. The van der Waals surface area contributed by atoms with Crippen LogP contribution in [0.25, 0.3) is 0 Å². The molecule has 18 heavy (non-hydrogen) atoms. The average Bonchev–Trinajstić information content (AvgIpc) is 2.29. The van der Waals surface area contributed by atoms with Gasteiger partial charge in [0, 0.05) is 23.1 Å². The largest absolute Gasteiger partial charge is 0.396 e. The number of carbonyl (C=O) groups excluding carboxylic acids is 1. The zero-order valence-electron chi connectivity index (χ0n) is 10.0. The van der Waals surface area contributed by atoms with Crippen LogP contribution in [0.1, 0.15) is 16.8 Å². The third-order valence-electron chi connectivity index (χ3n) is 2.39. The zero-order valence-corrected chi connectivity index (χ0v) is 12.5. The zero-order chi connectivity index (χ0) is 13.5. The van der Waals surface area contributed by atoms with E-state index in [2.05, 4.69) is 33.9 Å². The molecule has 0 aliphatic rings. The molecule has 0 saturated heterocycles. The smallest absolute Gasteiger partial charge is 0.252 e. The van der Waals surface area contributed by atoms with E-state index in [1.54, 1.807) is 25.3 Å². The fourth-order valence-electron chi connectivity index (χ4n) is 1.51. The first-order valence-corrected chi connectivity index (χ1v) is 6.71. The second-order valence-corrected chi connectivity index (χ2v) is 5.20. The van der Waals surface area contributed by atoms with E-state index >= 15 is 0 Å². The van der Waals surface area contributed by atoms with Gasteiger partial charge in [0.15, 0.2) is 0 Å². The van der Waals surface area contributed by atoms with Crippen LogP contribution < -0.4 is 5.32 Å². The lowest BCUT2D eigenvalue weighted by atomic mass is 10.1. The van der Waals surface area contributed by atoms with Gasteiger partial charge in [0.05, 0.1) is 18.2 Å². The normalized spacial score (nSPS) is 12.2. The number of carbonyl (C=O) groups is 1. The summed E-state index contributed by atoms with van der Waals surface area (Å²) >= 11 is 7.57. The second-order valence-electron chi connectivity index (χ2n) is 3.80. The van der Waals surface area contributed by atoms with E-state index in [-0.39, 0.29) is 18.6 Å². The SMILES string of the molecule is COCC(CCO)NC(=O)c1ccc(Br)cc1S. The number of rotatable bonds is 6. The van der Waals surface area contributed by atoms with Crippen LogP contribution in [0.2, 0.25) is 0 Å². The Morgan fingerprint density at radius 2 is 2.33 bits per heavy atom. The summed E-state index contributed by atoms with van der Waals surface area (Å²) in [6.07, 6.45) is 0.456. The number of benzene rings is 1. The van der Waals surface area contributed by atoms with Gasteiger partial charge in [-0.3, -0.25) is 4.79 Å². The molecule has 1 unspecified atom stereocenters. The van der Waals surface area contributed by atoms with Crippen molar-refractivity contribution >= 4 is 34.5 Å². The number of aliphatic hydroxyl groups excluding tert-OH is 1. The minimum absolute atomic E-state index is 0.00236. The molecule has 2 N–H and O–H groups in total. The number of hydrogen-bond donors (Lipinski definition) is 3. The second kappa shape index (κ2) is 7.78. The molecule has 100 valence electrons. The monoisotopic (exact) mass is 333 g/mol. The van der Waals surface area contributed by atoms with Crippen LogP contribution in [-0.2, 0) is 4.74 Å². The molecule has 1 rings (SSSR count). The molecule has 0 bridgehead atoms. The van der Waals surface area contributed by atoms with E-state index in [1.165, 1.54) is 0 Å². The van der Waals surface area contributed by atoms with Crippen molar-refractivity contribution < 1.29 is 14.6 Å². The summed E-state index contributed by atoms with van der Waals surface area (Å²) in [7, 11) is 1.56. The summed E-state index contributed by atoms with van der Waals surface area (Å²) in [6.45, 7) is 0.368. The first kappa shape index (κ1) is 15.5. The average molecular weight is 334 g/mol. The van der Waals surface area contributed by atoms with E-state index in [1.807, 2.05) is 0 Å². The summed E-state index contributed by atoms with van der Waals surface area (Å²) in [5.41, 5.74) is 0.501. The van der Waals surface area contributed by atoms with Crippen molar-refractivity contribution in [1.29, 1.82) is 0 Å². The Morgan fingerprint density at radius 1 is 1.61 bits per heavy atom. The number of ether oxygens (including phenoxy) is 1. The molecule has 0 saturated carbocycles. The standard InChI is InChI=1S/C12H16BrNO3S/c1-17-7-9(4-5-15)14-12(16)10-3-2-8(13)6-11(10)18/h2-3,6,9,15,18H,4-5,7H2,1H3,(H,14,16). The highest BCUT2D eigenvalue weighted by atomic mass is 79.9. The minimum atomic E-state index is -0.219. The fraction of sp³-hybridized carbons (Fsp3) is 0.417. The predicted molar refractivity (Wildman–Crippen MR) is 76.2 cm³/mol. The van der Waals surface area contributed by atoms with Crippen LogP contribution in [0.5, 0.6) is 0 Å². The predicted octanol–water partition coefficient (Wildman–Crippen LogP) is 1.86. The summed E-state index contributed by atoms with van der Waals surface area (Å²) in [4.78, 5) is 12.6. The van der Waals surface area contributed by atoms with Gasteiger partial charge in [-0.15, -0.1) is 12.6 Å². The molecule has 6 heteroatoms. The van der Waals surface area contributed by atoms with Gasteiger partial charge in [-0.05, 0) is 24.6 Å². The van der Waals surface area contributed by atoms with Crippen molar-refractivity contribution in [2.75, 3.05) is 20.3 Å². The van der Waals surface area contributed by atoms with E-state index in [0.29, 0.717) is 23.5 Å². The van der Waals surface area contributed by atoms with Gasteiger partial charge in [0.2, 0.25) is 0 Å². The Bertz CT molecular complexity index is 408. The lowest BCUT2D eigenvalue weighted by Gasteiger charge is -2.17. The highest BCUT2D eigenvalue weighted by molar-refractivity contribution is 9.10. The highest BCUT2D eigenvalue weighted by Gasteiger charge is 2.15. The fourth-order valence-corrected chi connectivity index (χ4v) is 2.37. The topological polar surface area (TPSA) is 58.6 Å². The highest BCUT2D eigenvalue weighted by Crippen LogP contribution is 2.19. The van der Waals surface area contributed by atoms with Gasteiger partial charge in [-0.1, -0.05) is 15.9 Å². The van der Waals surface area contributed by atoms with Crippen LogP contribution in [0, 0.1) is 0 Å². The quantitative estimate of drug-likeness (QED) is 0.696. The molecule has 1 aromatic carbocycles. The van der Waals surface area contributed by atoms with E-state index in [4.69, 9.17) is 9.84 Å². The van der Waals surface area contributed by atoms with Crippen LogP contribution in [0.3, 0.4) is 0 Å². The van der Waals surface area contributed by atoms with Crippen LogP contribution in [-0.4, -0.2) is 37.4 Å². The van der Waals surface area contributed by atoms with Crippen LogP contribution >= 0.6 is 28.6 Å². The maximum absolute atomic E-state index is 12.0. The first-order valence-electron chi connectivity index (χ1n) is 5.47. The lowest BCUT2D eigenvalue weighted by molar-refractivity contribution is 0.0876. The molecule has 0 heterocycles. The summed E-state index contributed by atoms with van der Waals surface area (Å²) in [6, 6.07) is 5.04. The van der Waals surface area contributed by atoms with E-state index in [9.17, 15) is 4.79 Å². The molecule has 1 atom stereocenters. The molecule has 0 fully saturated rings. The molecule has 0 aliphatic carbocycles. The number of amides is 1. The molecule has 1 amide bonds. The van der Waals surface area contributed by atoms with Crippen molar-refractivity contribution in [3.05, 3.63) is 28.2 Å². The molecule has 0 radical (unpaired) electrons. The van der Waals surface area contributed by atoms with Gasteiger partial charge < -0.3 is 15.2 Å². The summed E-state index contributed by atoms with van der Waals surface area (Å²) in [5.74, 6) is -0.219. The Hall–Kier alpha value is -0.560. The Labute approximate surface area is 120 Å². The van der Waals surface area contributed by atoms with Crippen molar-refractivity contribution in [2.24, 2.45) is 0 Å². The van der Waals surface area contributed by atoms with Gasteiger partial charge in [-0.25, -0.2) is 0 Å². The molecular weight excluding hydrogens is 318 g/mol. The van der Waals surface area contributed by atoms with Crippen molar-refractivity contribution in [3.63, 3.8) is 0 Å². The van der Waals surface area contributed by atoms with E-state index in [0.717, 1.165) is 4.47 Å². The van der Waals surface area contributed by atoms with Crippen LogP contribution in [0.4, 0.5) is 0 Å². The number of thiol groups is 1. The van der Waals surface area contributed by atoms with Gasteiger partial charge >= 0.3 is 0 Å². The maximum atomic E-state index is 12.0. The number of aliphatic hydroxyl groups is 1. The number of methoxy groups -OCH3 is 1. The minimum Gasteiger partial charge on any atom is -0.396 e. The molecule has 0 aliphatic heterocycles. The van der Waals surface area contributed by atoms with Gasteiger partial charge in [-0.2, -0.15) is 0 Å². The number of nitrogens with one attached hydrogen (secondary N) is 1. The van der Waals surface area contributed by atoms with Crippen LogP contribution in [0.15, 0.2) is 27.6 Å². The Kier molecular flexibility index (Phi) is 6.70. The maximum Gasteiger partial charge on any atom is 0.252 e. The number of hydrogen-bond acceptors (Lipinski definition) is 4. The Morgan fingerprint density at radius 3 is 2.89 bits per heavy atom. The van der Waals surface area contributed by atoms with Crippen molar-refractivity contribution in [2.45, 2.75) is 17.4 Å². The molecule has 4 nitrogen and oxygen atoms in total. The first-order chi connectivity index (χ1) is 8.58. The summed E-state index contributed by atoms with van der Waals surface area (Å²) in [5, 5.41) is 11.7. The third kappa shape index (κ3) is 4.61. The lowest BCUT2D eigenvalue weighted by Crippen LogP contribution is -2.38. The molecule has 0 spiro atoms. The Balaban J connectivity index is 2.73. The number of halogens is 1. The molecule has 0 aromatic heterocycles. The van der Waals surface area contributed by atoms with Gasteiger partial charge in [0.25, 0.3) is 5.91 Å². The van der Waals surface area contributed by atoms with E-state index < -0.39 is 0 Å². The summed E-state index contributed by atoms with van der Waals surface area (Å²) < 4.78 is 5.86.